The number of morpholine rings is 1. The van der Waals surface area contributed by atoms with Gasteiger partial charge in [-0.3, -0.25) is 4.79 Å². The molecule has 1 heterocycles. The molecule has 2 aromatic rings. The summed E-state index contributed by atoms with van der Waals surface area (Å²) in [6, 6.07) is 10.3. The number of ether oxygens (including phenoxy) is 3. The second-order valence-corrected chi connectivity index (χ2v) is 10.2. The molecule has 2 aromatic carbocycles. The van der Waals surface area contributed by atoms with E-state index in [2.05, 4.69) is 5.32 Å². The fourth-order valence-corrected chi connectivity index (χ4v) is 4.77. The Kier molecular flexibility index (Phi) is 8.34. The smallest absolute Gasteiger partial charge is 0.243 e. The van der Waals surface area contributed by atoms with Gasteiger partial charge < -0.3 is 19.5 Å². The van der Waals surface area contributed by atoms with Crippen LogP contribution in [0.4, 0.5) is 5.69 Å². The van der Waals surface area contributed by atoms with Crippen LogP contribution in [0.15, 0.2) is 41.3 Å². The third-order valence-corrected chi connectivity index (χ3v) is 7.17. The Balaban J connectivity index is 1.71. The van der Waals surface area contributed by atoms with E-state index in [1.165, 1.54) is 22.0 Å². The summed E-state index contributed by atoms with van der Waals surface area (Å²) in [5, 5.41) is 2.79. The molecule has 8 nitrogen and oxygen atoms in total. The zero-order chi connectivity index (χ0) is 24.0. The second-order valence-electron chi connectivity index (χ2n) is 8.23. The van der Waals surface area contributed by atoms with E-state index in [1.54, 1.807) is 6.07 Å². The predicted molar refractivity (Wildman–Crippen MR) is 126 cm³/mol. The van der Waals surface area contributed by atoms with Crippen molar-refractivity contribution >= 4 is 21.6 Å². The number of rotatable bonds is 9. The normalized spacial score (nSPS) is 14.8. The van der Waals surface area contributed by atoms with Crippen molar-refractivity contribution in [3.05, 3.63) is 47.5 Å². The molecule has 0 saturated carbocycles. The molecule has 0 aliphatic carbocycles. The molecule has 1 saturated heterocycles. The third-order valence-electron chi connectivity index (χ3n) is 5.27. The van der Waals surface area contributed by atoms with Crippen molar-refractivity contribution in [2.45, 2.75) is 45.1 Å². The van der Waals surface area contributed by atoms with Crippen LogP contribution in [0.25, 0.3) is 0 Å². The topological polar surface area (TPSA) is 94.2 Å². The van der Waals surface area contributed by atoms with E-state index in [0.29, 0.717) is 43.5 Å². The fraction of sp³-hybridized carbons (Fsp3) is 0.458. The van der Waals surface area contributed by atoms with Gasteiger partial charge in [-0.1, -0.05) is 6.07 Å². The molecule has 33 heavy (non-hydrogen) atoms. The Bertz CT molecular complexity index is 1080. The number of hydrogen-bond acceptors (Lipinski definition) is 6. The average Bonchev–Trinajstić information content (AvgIpc) is 2.77. The summed E-state index contributed by atoms with van der Waals surface area (Å²) in [6.07, 6.45) is -0.0375. The van der Waals surface area contributed by atoms with Crippen LogP contribution in [-0.2, 0) is 19.6 Å². The van der Waals surface area contributed by atoms with E-state index in [4.69, 9.17) is 14.2 Å². The molecule has 0 aromatic heterocycles. The van der Waals surface area contributed by atoms with Crippen molar-refractivity contribution < 1.29 is 27.4 Å². The van der Waals surface area contributed by atoms with E-state index in [-0.39, 0.29) is 29.9 Å². The first kappa shape index (κ1) is 25.0. The molecule has 0 unspecified atom stereocenters. The molecular weight excluding hydrogens is 444 g/mol. The van der Waals surface area contributed by atoms with Crippen molar-refractivity contribution in [1.29, 1.82) is 0 Å². The van der Waals surface area contributed by atoms with E-state index < -0.39 is 10.0 Å². The van der Waals surface area contributed by atoms with Gasteiger partial charge in [-0.15, -0.1) is 0 Å². The Morgan fingerprint density at radius 2 is 1.82 bits per heavy atom. The van der Waals surface area contributed by atoms with Crippen LogP contribution in [0.2, 0.25) is 0 Å². The largest absolute Gasteiger partial charge is 0.493 e. The highest BCUT2D eigenvalue weighted by Crippen LogP contribution is 2.30. The number of nitrogens with zero attached hydrogens (tertiary/aromatic N) is 1. The number of aryl methyl sites for hydroxylation is 2. The molecule has 0 bridgehead atoms. The van der Waals surface area contributed by atoms with Crippen LogP contribution >= 0.6 is 0 Å². The molecule has 1 aliphatic rings. The summed E-state index contributed by atoms with van der Waals surface area (Å²) in [5.41, 5.74) is 2.60. The molecule has 3 rings (SSSR count). The summed E-state index contributed by atoms with van der Waals surface area (Å²) in [4.78, 5) is 12.7. The van der Waals surface area contributed by atoms with Crippen molar-refractivity contribution in [1.82, 2.24) is 4.31 Å². The molecule has 1 N–H and O–H groups in total. The molecule has 0 atom stereocenters. The molecular formula is C24H32N2O6S. The van der Waals surface area contributed by atoms with Crippen molar-refractivity contribution in [2.24, 2.45) is 0 Å². The maximum Gasteiger partial charge on any atom is 0.243 e. The third kappa shape index (κ3) is 6.69. The Morgan fingerprint density at radius 3 is 2.48 bits per heavy atom. The van der Waals surface area contributed by atoms with Crippen LogP contribution in [-0.4, -0.2) is 57.6 Å². The molecule has 0 spiro atoms. The van der Waals surface area contributed by atoms with Gasteiger partial charge in [0.25, 0.3) is 0 Å². The molecule has 9 heteroatoms. The zero-order valence-electron chi connectivity index (χ0n) is 19.6. The van der Waals surface area contributed by atoms with Gasteiger partial charge >= 0.3 is 0 Å². The summed E-state index contributed by atoms with van der Waals surface area (Å²) >= 11 is 0. The monoisotopic (exact) mass is 476 g/mol. The number of hydrogen-bond donors (Lipinski definition) is 1. The summed E-state index contributed by atoms with van der Waals surface area (Å²) in [7, 11) is -3.70. The molecule has 0 radical (unpaired) electrons. The standard InChI is InChI=1S/C24H32N2O6S/c1-17(2)32-23-8-7-21(33(28,29)26-10-13-30-14-11-26)16-22(23)25-24(27)9-12-31-20-6-5-18(3)19(4)15-20/h5-8,15-17H,9-14H2,1-4H3,(H,25,27). The van der Waals surface area contributed by atoms with Gasteiger partial charge in [-0.25, -0.2) is 8.42 Å². The van der Waals surface area contributed by atoms with Crippen LogP contribution in [0, 0.1) is 13.8 Å². The summed E-state index contributed by atoms with van der Waals surface area (Å²) in [5.74, 6) is 0.816. The quantitative estimate of drug-likeness (QED) is 0.595. The van der Waals surface area contributed by atoms with Crippen LogP contribution in [0.3, 0.4) is 0 Å². The van der Waals surface area contributed by atoms with Gasteiger partial charge in [0, 0.05) is 13.1 Å². The van der Waals surface area contributed by atoms with Crippen molar-refractivity contribution in [3.63, 3.8) is 0 Å². The van der Waals surface area contributed by atoms with Crippen molar-refractivity contribution in [2.75, 3.05) is 38.2 Å². The molecule has 1 fully saturated rings. The number of nitrogens with one attached hydrogen (secondary N) is 1. The summed E-state index contributed by atoms with van der Waals surface area (Å²) in [6.45, 7) is 9.26. The van der Waals surface area contributed by atoms with Gasteiger partial charge in [-0.05, 0) is 69.2 Å². The first-order valence-corrected chi connectivity index (χ1v) is 12.5. The zero-order valence-corrected chi connectivity index (χ0v) is 20.4. The highest BCUT2D eigenvalue weighted by atomic mass is 32.2. The lowest BCUT2D eigenvalue weighted by Gasteiger charge is -2.26. The second kappa shape index (κ2) is 11.0. The maximum absolute atomic E-state index is 13.0. The van der Waals surface area contributed by atoms with Gasteiger partial charge in [0.05, 0.1) is 42.9 Å². The van der Waals surface area contributed by atoms with E-state index in [1.807, 2.05) is 45.9 Å². The minimum absolute atomic E-state index is 0.0992. The lowest BCUT2D eigenvalue weighted by Crippen LogP contribution is -2.40. The highest BCUT2D eigenvalue weighted by molar-refractivity contribution is 7.89. The fourth-order valence-electron chi connectivity index (χ4n) is 3.34. The first-order valence-electron chi connectivity index (χ1n) is 11.1. The molecule has 180 valence electrons. The lowest BCUT2D eigenvalue weighted by atomic mass is 10.1. The lowest BCUT2D eigenvalue weighted by molar-refractivity contribution is -0.116. The molecule has 1 amide bonds. The Hall–Kier alpha value is -2.62. The Morgan fingerprint density at radius 1 is 1.09 bits per heavy atom. The van der Waals surface area contributed by atoms with Gasteiger partial charge in [0.15, 0.2) is 0 Å². The van der Waals surface area contributed by atoms with Crippen LogP contribution in [0.5, 0.6) is 11.5 Å². The van der Waals surface area contributed by atoms with E-state index in [0.717, 1.165) is 5.56 Å². The highest BCUT2D eigenvalue weighted by Gasteiger charge is 2.27. The first-order chi connectivity index (χ1) is 15.7. The number of amides is 1. The molecule has 1 aliphatic heterocycles. The number of benzene rings is 2. The number of anilines is 1. The maximum atomic E-state index is 13.0. The average molecular weight is 477 g/mol. The predicted octanol–water partition coefficient (Wildman–Crippen LogP) is 3.52. The number of carbonyl (C=O) groups excluding carboxylic acids is 1. The van der Waals surface area contributed by atoms with Gasteiger partial charge in [0.1, 0.15) is 11.5 Å². The minimum Gasteiger partial charge on any atom is -0.493 e. The minimum atomic E-state index is -3.70. The van der Waals surface area contributed by atoms with Gasteiger partial charge in [0.2, 0.25) is 15.9 Å². The number of sulfonamides is 1. The van der Waals surface area contributed by atoms with Crippen LogP contribution in [0.1, 0.15) is 31.4 Å². The van der Waals surface area contributed by atoms with Crippen molar-refractivity contribution in [3.8, 4) is 11.5 Å². The van der Waals surface area contributed by atoms with Gasteiger partial charge in [-0.2, -0.15) is 4.31 Å². The van der Waals surface area contributed by atoms with Crippen LogP contribution < -0.4 is 14.8 Å². The number of carbonyl (C=O) groups is 1. The van der Waals surface area contributed by atoms with E-state index >= 15 is 0 Å². The SMILES string of the molecule is Cc1ccc(OCCC(=O)Nc2cc(S(=O)(=O)N3CCOCC3)ccc2OC(C)C)cc1C. The Labute approximate surface area is 195 Å². The summed E-state index contributed by atoms with van der Waals surface area (Å²) < 4.78 is 44.2. The van der Waals surface area contributed by atoms with E-state index in [9.17, 15) is 13.2 Å².